The molecule has 1 unspecified atom stereocenters. The van der Waals surface area contributed by atoms with E-state index >= 15 is 0 Å². The molecule has 37 heavy (non-hydrogen) atoms. The van der Waals surface area contributed by atoms with E-state index in [2.05, 4.69) is 26.1 Å². The van der Waals surface area contributed by atoms with E-state index in [1.54, 1.807) is 0 Å². The molecular formula is C30H49NO6. The first kappa shape index (κ1) is 27.4. The summed E-state index contributed by atoms with van der Waals surface area (Å²) < 4.78 is 10.1. The molecule has 0 bridgehead atoms. The van der Waals surface area contributed by atoms with Crippen molar-refractivity contribution >= 4 is 11.9 Å². The fourth-order valence-electron chi connectivity index (χ4n) is 9.76. The van der Waals surface area contributed by atoms with Gasteiger partial charge in [-0.05, 0) is 104 Å². The van der Waals surface area contributed by atoms with Crippen LogP contribution in [-0.4, -0.2) is 60.2 Å². The van der Waals surface area contributed by atoms with E-state index in [4.69, 9.17) is 9.47 Å². The topological polar surface area (TPSA) is 108 Å². The lowest BCUT2D eigenvalue weighted by atomic mass is 9.43. The first-order chi connectivity index (χ1) is 17.6. The van der Waals surface area contributed by atoms with Crippen molar-refractivity contribution in [2.75, 3.05) is 13.7 Å². The highest BCUT2D eigenvalue weighted by atomic mass is 16.6. The maximum atomic E-state index is 12.5. The van der Waals surface area contributed by atoms with E-state index < -0.39 is 6.10 Å². The zero-order valence-electron chi connectivity index (χ0n) is 23.3. The zero-order chi connectivity index (χ0) is 26.5. The van der Waals surface area contributed by atoms with Gasteiger partial charge in [0.2, 0.25) is 5.91 Å². The number of ether oxygens (including phenoxy) is 2. The molecule has 1 amide bonds. The van der Waals surface area contributed by atoms with Crippen LogP contribution in [0.2, 0.25) is 0 Å². The second-order valence-electron chi connectivity index (χ2n) is 13.7. The maximum Gasteiger partial charge on any atom is 0.305 e. The van der Waals surface area contributed by atoms with Crippen molar-refractivity contribution < 1.29 is 29.3 Å². The number of aliphatic hydroxyl groups excluding tert-OH is 2. The molecule has 0 aromatic rings. The van der Waals surface area contributed by atoms with Crippen LogP contribution in [-0.2, 0) is 19.1 Å². The van der Waals surface area contributed by atoms with Crippen LogP contribution < -0.4 is 5.32 Å². The second kappa shape index (κ2) is 10.4. The molecule has 0 spiro atoms. The summed E-state index contributed by atoms with van der Waals surface area (Å²) in [5.41, 5.74) is -0.138. The fraction of sp³-hybridized carbons (Fsp3) is 0.933. The van der Waals surface area contributed by atoms with Gasteiger partial charge in [-0.3, -0.25) is 9.59 Å². The molecule has 1 saturated heterocycles. The molecule has 7 nitrogen and oxygen atoms in total. The third kappa shape index (κ3) is 4.98. The number of carbonyl (C=O) groups excluding carboxylic acids is 2. The van der Waals surface area contributed by atoms with Crippen molar-refractivity contribution in [2.45, 2.75) is 116 Å². The van der Waals surface area contributed by atoms with Crippen molar-refractivity contribution in [1.29, 1.82) is 0 Å². The van der Waals surface area contributed by atoms with Crippen LogP contribution in [0.4, 0.5) is 0 Å². The van der Waals surface area contributed by atoms with E-state index in [1.807, 2.05) is 0 Å². The number of hydrogen-bond donors (Lipinski definition) is 3. The molecule has 5 rings (SSSR count). The van der Waals surface area contributed by atoms with Gasteiger partial charge in [-0.25, -0.2) is 0 Å². The van der Waals surface area contributed by atoms with Gasteiger partial charge in [0.15, 0.2) is 0 Å². The Balaban J connectivity index is 1.27. The lowest BCUT2D eigenvalue weighted by Gasteiger charge is -2.63. The Morgan fingerprint density at radius 3 is 2.54 bits per heavy atom. The number of amides is 1. The number of aliphatic hydroxyl groups is 2. The van der Waals surface area contributed by atoms with E-state index in [0.29, 0.717) is 42.4 Å². The lowest BCUT2D eigenvalue weighted by molar-refractivity contribution is -0.202. The molecule has 0 radical (unpaired) electrons. The average Bonchev–Trinajstić information content (AvgIpc) is 3.63. The molecule has 0 aromatic carbocycles. The van der Waals surface area contributed by atoms with Crippen LogP contribution in [0.1, 0.15) is 91.4 Å². The van der Waals surface area contributed by atoms with Crippen molar-refractivity contribution in [3.63, 3.8) is 0 Å². The van der Waals surface area contributed by atoms with Crippen LogP contribution in [0.25, 0.3) is 0 Å². The molecule has 1 heterocycles. The predicted molar refractivity (Wildman–Crippen MR) is 139 cm³/mol. The van der Waals surface area contributed by atoms with Crippen LogP contribution in [0.3, 0.4) is 0 Å². The minimum atomic E-state index is -0.392. The fourth-order valence-corrected chi connectivity index (χ4v) is 9.76. The maximum absolute atomic E-state index is 12.5. The Morgan fingerprint density at radius 2 is 1.84 bits per heavy atom. The molecule has 0 aromatic heterocycles. The largest absolute Gasteiger partial charge is 0.469 e. The smallest absolute Gasteiger partial charge is 0.305 e. The standard InChI is InChI=1S/C30H49NO6/c1-17(5-10-27(35)36-4)21-7-8-22-28-23(15-25(33)30(21,22)3)29(2)12-11-19(13-18(29)14-24(28)32)31-26(34)9-6-20-16-37-20/h17-25,28,32-33H,5-16H2,1-4H3,(H,31,34)/t17-,18+,19+,20?,21-,22+,23+,24-,25+,28+,29+,30-/m1/s1. The highest BCUT2D eigenvalue weighted by molar-refractivity contribution is 5.76. The Morgan fingerprint density at radius 1 is 1.08 bits per heavy atom. The first-order valence-electron chi connectivity index (χ1n) is 14.9. The van der Waals surface area contributed by atoms with Crippen LogP contribution >= 0.6 is 0 Å². The lowest BCUT2D eigenvalue weighted by Crippen LogP contribution is -2.63. The molecular weight excluding hydrogens is 470 g/mol. The van der Waals surface area contributed by atoms with Gasteiger partial charge in [0.1, 0.15) is 0 Å². The average molecular weight is 520 g/mol. The van der Waals surface area contributed by atoms with Gasteiger partial charge in [-0.2, -0.15) is 0 Å². The Bertz CT molecular complexity index is 861. The van der Waals surface area contributed by atoms with Crippen LogP contribution in [0.5, 0.6) is 0 Å². The monoisotopic (exact) mass is 519 g/mol. The Kier molecular flexibility index (Phi) is 7.71. The van der Waals surface area contributed by atoms with Crippen LogP contribution in [0, 0.1) is 46.3 Å². The quantitative estimate of drug-likeness (QED) is 0.332. The Hall–Kier alpha value is -1.18. The number of rotatable bonds is 8. The van der Waals surface area contributed by atoms with E-state index in [1.165, 1.54) is 7.11 Å². The second-order valence-corrected chi connectivity index (χ2v) is 13.7. The summed E-state index contributed by atoms with van der Waals surface area (Å²) in [5, 5.41) is 26.6. The number of carbonyl (C=O) groups is 2. The van der Waals surface area contributed by atoms with Gasteiger partial charge in [0.25, 0.3) is 0 Å². The number of epoxide rings is 1. The molecule has 4 aliphatic carbocycles. The highest BCUT2D eigenvalue weighted by Gasteiger charge is 2.65. The van der Waals surface area contributed by atoms with Gasteiger partial charge in [-0.1, -0.05) is 20.8 Å². The van der Waals surface area contributed by atoms with Gasteiger partial charge < -0.3 is 25.0 Å². The minimum absolute atomic E-state index is 0.0872. The summed E-state index contributed by atoms with van der Waals surface area (Å²) in [4.78, 5) is 24.3. The van der Waals surface area contributed by atoms with Gasteiger partial charge >= 0.3 is 5.97 Å². The van der Waals surface area contributed by atoms with Gasteiger partial charge in [0, 0.05) is 18.9 Å². The summed E-state index contributed by atoms with van der Waals surface area (Å²) in [6, 6.07) is 0.180. The van der Waals surface area contributed by atoms with Crippen molar-refractivity contribution in [3.05, 3.63) is 0 Å². The number of esters is 1. The molecule has 7 heteroatoms. The van der Waals surface area contributed by atoms with E-state index in [9.17, 15) is 19.8 Å². The third-order valence-corrected chi connectivity index (χ3v) is 12.0. The van der Waals surface area contributed by atoms with Crippen LogP contribution in [0.15, 0.2) is 0 Å². The number of fused-ring (bicyclic) bond motifs is 5. The molecule has 210 valence electrons. The molecule has 4 saturated carbocycles. The zero-order valence-corrected chi connectivity index (χ0v) is 23.3. The van der Waals surface area contributed by atoms with Crippen molar-refractivity contribution in [2.24, 2.45) is 46.3 Å². The number of nitrogens with one attached hydrogen (secondary N) is 1. The summed E-state index contributed by atoms with van der Waals surface area (Å²) >= 11 is 0. The summed E-state index contributed by atoms with van der Waals surface area (Å²) in [6.07, 6.45) is 8.65. The van der Waals surface area contributed by atoms with E-state index in [-0.39, 0.29) is 46.9 Å². The molecule has 3 N–H and O–H groups in total. The summed E-state index contributed by atoms with van der Waals surface area (Å²) in [5.74, 6) is 1.84. The molecule has 12 atom stereocenters. The third-order valence-electron chi connectivity index (χ3n) is 12.0. The highest BCUT2D eigenvalue weighted by Crippen LogP contribution is 2.68. The molecule has 5 aliphatic rings. The molecule has 5 fully saturated rings. The van der Waals surface area contributed by atoms with Crippen molar-refractivity contribution in [3.8, 4) is 0 Å². The number of hydrogen-bond acceptors (Lipinski definition) is 6. The SMILES string of the molecule is COC(=O)CC[C@@H](C)[C@H]1CC[C@H]2[C@@H]3[C@H](O)C[C@@H]4C[C@@H](NC(=O)CCC5CO5)CC[C@]4(C)[C@H]3C[C@H](O)[C@]12C. The summed E-state index contributed by atoms with van der Waals surface area (Å²) in [6.45, 7) is 7.69. The van der Waals surface area contributed by atoms with E-state index in [0.717, 1.165) is 64.4 Å². The van der Waals surface area contributed by atoms with Gasteiger partial charge in [-0.15, -0.1) is 0 Å². The summed E-state index contributed by atoms with van der Waals surface area (Å²) in [7, 11) is 1.44. The minimum Gasteiger partial charge on any atom is -0.469 e. The first-order valence-corrected chi connectivity index (χ1v) is 14.9. The normalized spacial score (nSPS) is 47.2. The number of methoxy groups -OCH3 is 1. The van der Waals surface area contributed by atoms with Gasteiger partial charge in [0.05, 0.1) is 32.0 Å². The van der Waals surface area contributed by atoms with Crippen molar-refractivity contribution in [1.82, 2.24) is 5.32 Å². The Labute approximate surface area is 222 Å². The predicted octanol–water partition coefficient (Wildman–Crippen LogP) is 3.84. The molecule has 1 aliphatic heterocycles.